The predicted octanol–water partition coefficient (Wildman–Crippen LogP) is 2.57. The van der Waals surface area contributed by atoms with Gasteiger partial charge in [-0.3, -0.25) is 4.79 Å². The maximum absolute atomic E-state index is 12.8. The number of alkyl halides is 3. The fraction of sp³-hybridized carbons (Fsp3) is 0.500. The third-order valence-electron chi connectivity index (χ3n) is 2.70. The van der Waals surface area contributed by atoms with Gasteiger partial charge in [0.05, 0.1) is 17.7 Å². The molecule has 0 saturated heterocycles. The Morgan fingerprint density at radius 2 is 2.05 bits per heavy atom. The predicted molar refractivity (Wildman–Crippen MR) is 73.2 cm³/mol. The number of rotatable bonds is 7. The molecule has 4 nitrogen and oxygen atoms in total. The van der Waals surface area contributed by atoms with Crippen molar-refractivity contribution in [3.05, 3.63) is 29.3 Å². The normalized spacial score (nSPS) is 11.7. The molecule has 0 heterocycles. The smallest absolute Gasteiger partial charge is 0.417 e. The highest BCUT2D eigenvalue weighted by Gasteiger charge is 2.35. The summed E-state index contributed by atoms with van der Waals surface area (Å²) >= 11 is 0. The van der Waals surface area contributed by atoms with Crippen LogP contribution in [0.25, 0.3) is 0 Å². The van der Waals surface area contributed by atoms with Crippen LogP contribution in [-0.2, 0) is 6.18 Å². The first-order valence-corrected chi connectivity index (χ1v) is 6.59. The largest absolute Gasteiger partial charge is 0.494 e. The van der Waals surface area contributed by atoms with Crippen LogP contribution in [0.5, 0.6) is 5.75 Å². The van der Waals surface area contributed by atoms with Gasteiger partial charge in [-0.05, 0) is 31.2 Å². The van der Waals surface area contributed by atoms with Crippen molar-refractivity contribution in [1.29, 1.82) is 0 Å². The van der Waals surface area contributed by atoms with Crippen molar-refractivity contribution < 1.29 is 22.7 Å². The first-order chi connectivity index (χ1) is 9.71. The van der Waals surface area contributed by atoms with E-state index >= 15 is 0 Å². The summed E-state index contributed by atoms with van der Waals surface area (Å²) < 4.78 is 43.8. The van der Waals surface area contributed by atoms with E-state index in [4.69, 9.17) is 10.5 Å². The van der Waals surface area contributed by atoms with Gasteiger partial charge in [-0.2, -0.15) is 13.2 Å². The van der Waals surface area contributed by atoms with Crippen LogP contribution in [0.2, 0.25) is 0 Å². The van der Waals surface area contributed by atoms with Crippen LogP contribution >= 0.6 is 0 Å². The number of nitrogens with one attached hydrogen (secondary N) is 1. The van der Waals surface area contributed by atoms with E-state index in [0.717, 1.165) is 12.1 Å². The van der Waals surface area contributed by atoms with Crippen LogP contribution < -0.4 is 15.8 Å². The van der Waals surface area contributed by atoms with E-state index in [0.29, 0.717) is 19.0 Å². The Hall–Kier alpha value is -1.76. The molecule has 1 amide bonds. The summed E-state index contributed by atoms with van der Waals surface area (Å²) in [6, 6.07) is 3.49. The first-order valence-electron chi connectivity index (χ1n) is 6.59. The third-order valence-corrected chi connectivity index (χ3v) is 2.70. The van der Waals surface area contributed by atoms with E-state index in [1.165, 1.54) is 6.07 Å². The summed E-state index contributed by atoms with van der Waals surface area (Å²) in [7, 11) is 0. The van der Waals surface area contributed by atoms with Crippen LogP contribution in [0.4, 0.5) is 13.2 Å². The highest BCUT2D eigenvalue weighted by molar-refractivity contribution is 5.94. The minimum atomic E-state index is -4.65. The van der Waals surface area contributed by atoms with Crippen molar-refractivity contribution in [2.75, 3.05) is 13.2 Å². The molecule has 0 fully saturated rings. The molecule has 0 aliphatic heterocycles. The van der Waals surface area contributed by atoms with Crippen LogP contribution in [0.3, 0.4) is 0 Å². The van der Waals surface area contributed by atoms with E-state index in [9.17, 15) is 18.0 Å². The lowest BCUT2D eigenvalue weighted by Crippen LogP contribution is -2.24. The zero-order valence-electron chi connectivity index (χ0n) is 12.0. The maximum atomic E-state index is 12.8. The molecule has 0 aliphatic rings. The summed E-state index contributed by atoms with van der Waals surface area (Å²) in [5, 5.41) is 3.17. The lowest BCUT2D eigenvalue weighted by molar-refractivity contribution is -0.138. The number of carbonyl (C=O) groups is 1. The van der Waals surface area contributed by atoms with Crippen molar-refractivity contribution in [2.24, 2.45) is 5.73 Å². The Balaban J connectivity index is 2.71. The molecule has 0 radical (unpaired) electrons. The Kier molecular flexibility index (Phi) is 6.02. The van der Waals surface area contributed by atoms with E-state index < -0.39 is 23.2 Å². The number of nitrogens with two attached hydrogens (primary N) is 1. The van der Waals surface area contributed by atoms with Crippen molar-refractivity contribution in [2.45, 2.75) is 32.5 Å². The van der Waals surface area contributed by atoms with Gasteiger partial charge in [-0.1, -0.05) is 13.8 Å². The number of benzene rings is 1. The molecule has 1 rings (SSSR count). The number of amides is 1. The molecule has 0 saturated carbocycles. The molecule has 0 aliphatic carbocycles. The van der Waals surface area contributed by atoms with E-state index in [2.05, 4.69) is 5.32 Å². The lowest BCUT2D eigenvalue weighted by Gasteiger charge is -2.14. The number of halogens is 3. The lowest BCUT2D eigenvalue weighted by atomic mass is 10.1. The van der Waals surface area contributed by atoms with Gasteiger partial charge < -0.3 is 15.8 Å². The molecule has 118 valence electrons. The number of hydrogen-bond acceptors (Lipinski definition) is 3. The summed E-state index contributed by atoms with van der Waals surface area (Å²) in [5.74, 6) is -1.05. The van der Waals surface area contributed by atoms with E-state index in [-0.39, 0.29) is 12.4 Å². The van der Waals surface area contributed by atoms with Crippen LogP contribution in [0, 0.1) is 0 Å². The molecule has 21 heavy (non-hydrogen) atoms. The zero-order valence-corrected chi connectivity index (χ0v) is 12.0. The molecule has 0 bridgehead atoms. The van der Waals surface area contributed by atoms with Gasteiger partial charge in [-0.25, -0.2) is 0 Å². The van der Waals surface area contributed by atoms with Gasteiger partial charge in [0.25, 0.3) is 0 Å². The third kappa shape index (κ3) is 5.63. The average Bonchev–Trinajstić information content (AvgIpc) is 2.36. The van der Waals surface area contributed by atoms with Gasteiger partial charge in [0.1, 0.15) is 5.75 Å². The fourth-order valence-corrected chi connectivity index (χ4v) is 1.72. The summed E-state index contributed by atoms with van der Waals surface area (Å²) in [6.45, 7) is 4.99. The summed E-state index contributed by atoms with van der Waals surface area (Å²) in [4.78, 5) is 11.0. The first kappa shape index (κ1) is 17.3. The molecular weight excluding hydrogens is 285 g/mol. The average molecular weight is 304 g/mol. The van der Waals surface area contributed by atoms with Crippen LogP contribution in [0.1, 0.15) is 36.2 Å². The Labute approximate surface area is 121 Å². The number of ether oxygens (including phenoxy) is 1. The van der Waals surface area contributed by atoms with E-state index in [1.807, 2.05) is 13.8 Å². The Bertz CT molecular complexity index is 488. The monoisotopic (exact) mass is 304 g/mol. The Morgan fingerprint density at radius 3 is 2.57 bits per heavy atom. The minimum Gasteiger partial charge on any atom is -0.494 e. The second kappa shape index (κ2) is 7.31. The van der Waals surface area contributed by atoms with Gasteiger partial charge in [0.2, 0.25) is 5.91 Å². The second-order valence-corrected chi connectivity index (χ2v) is 4.88. The zero-order chi connectivity index (χ0) is 16.0. The van der Waals surface area contributed by atoms with Crippen molar-refractivity contribution in [3.63, 3.8) is 0 Å². The molecule has 0 spiro atoms. The minimum absolute atomic E-state index is 0.0665. The number of hydrogen-bond donors (Lipinski definition) is 2. The van der Waals surface area contributed by atoms with Gasteiger partial charge in [0, 0.05) is 6.04 Å². The van der Waals surface area contributed by atoms with Crippen molar-refractivity contribution in [3.8, 4) is 5.75 Å². The summed E-state index contributed by atoms with van der Waals surface area (Å²) in [5.41, 5.74) is 3.31. The van der Waals surface area contributed by atoms with Crippen molar-refractivity contribution >= 4 is 5.91 Å². The molecule has 0 aromatic heterocycles. The summed E-state index contributed by atoms with van der Waals surface area (Å²) in [6.07, 6.45) is -3.99. The van der Waals surface area contributed by atoms with Crippen LogP contribution in [-0.4, -0.2) is 25.1 Å². The van der Waals surface area contributed by atoms with Crippen molar-refractivity contribution in [1.82, 2.24) is 5.32 Å². The quantitative estimate of drug-likeness (QED) is 0.761. The highest BCUT2D eigenvalue weighted by atomic mass is 19.4. The second-order valence-electron chi connectivity index (χ2n) is 4.88. The number of carbonyl (C=O) groups excluding carboxylic acids is 1. The highest BCUT2D eigenvalue weighted by Crippen LogP contribution is 2.34. The fourth-order valence-electron chi connectivity index (χ4n) is 1.72. The molecule has 1 aromatic rings. The van der Waals surface area contributed by atoms with Gasteiger partial charge >= 0.3 is 6.18 Å². The number of primary amides is 1. The maximum Gasteiger partial charge on any atom is 0.417 e. The molecular formula is C14H19F3N2O2. The van der Waals surface area contributed by atoms with Gasteiger partial charge in [-0.15, -0.1) is 0 Å². The van der Waals surface area contributed by atoms with Crippen LogP contribution in [0.15, 0.2) is 18.2 Å². The molecule has 7 heteroatoms. The molecule has 0 unspecified atom stereocenters. The van der Waals surface area contributed by atoms with Gasteiger partial charge in [0.15, 0.2) is 0 Å². The topological polar surface area (TPSA) is 64.3 Å². The van der Waals surface area contributed by atoms with E-state index in [1.54, 1.807) is 0 Å². The standard InChI is InChI=1S/C14H19F3N2O2/c1-9(2)19-6-3-7-21-10-4-5-11(13(18)20)12(8-10)14(15,16)17/h4-5,8-9,19H,3,6-7H2,1-2H3,(H2,18,20). The SMILES string of the molecule is CC(C)NCCCOc1ccc(C(N)=O)c(C(F)(F)F)c1. The molecule has 1 aromatic carbocycles. The Morgan fingerprint density at radius 1 is 1.38 bits per heavy atom. The molecule has 3 N–H and O–H groups in total. The molecule has 0 atom stereocenters.